The van der Waals surface area contributed by atoms with Gasteiger partial charge in [-0.1, -0.05) is 11.3 Å². The van der Waals surface area contributed by atoms with E-state index in [0.717, 1.165) is 33.1 Å². The molecule has 0 spiro atoms. The Morgan fingerprint density at radius 3 is 3.11 bits per heavy atom. The summed E-state index contributed by atoms with van der Waals surface area (Å²) in [4.78, 5) is 4.50. The van der Waals surface area contributed by atoms with Crippen molar-refractivity contribution in [2.45, 2.75) is 6.54 Å². The lowest BCUT2D eigenvalue weighted by Gasteiger charge is -1.97. The van der Waals surface area contributed by atoms with Crippen LogP contribution in [0.1, 0.15) is 5.56 Å². The highest BCUT2D eigenvalue weighted by molar-refractivity contribution is 7.22. The number of nitrogen functional groups attached to an aromatic ring is 1. The maximum absolute atomic E-state index is 5.75. The third kappa shape index (κ3) is 2.14. The Morgan fingerprint density at radius 1 is 1.44 bits per heavy atom. The van der Waals surface area contributed by atoms with Crippen molar-refractivity contribution in [1.82, 2.24) is 14.8 Å². The van der Waals surface area contributed by atoms with Gasteiger partial charge in [0.1, 0.15) is 0 Å². The zero-order chi connectivity index (χ0) is 12.5. The average molecular weight is 259 g/mol. The van der Waals surface area contributed by atoms with Crippen molar-refractivity contribution in [3.05, 3.63) is 36.2 Å². The van der Waals surface area contributed by atoms with Crippen molar-refractivity contribution in [2.75, 3.05) is 11.1 Å². The molecule has 0 bridgehead atoms. The molecule has 0 aliphatic rings. The van der Waals surface area contributed by atoms with Crippen LogP contribution in [0.5, 0.6) is 0 Å². The maximum Gasteiger partial charge on any atom is 0.184 e. The molecule has 1 aromatic carbocycles. The first-order valence-electron chi connectivity index (χ1n) is 5.58. The van der Waals surface area contributed by atoms with Crippen LogP contribution in [-0.2, 0) is 13.6 Å². The predicted octanol–water partition coefficient (Wildman–Crippen LogP) is 2.22. The summed E-state index contributed by atoms with van der Waals surface area (Å²) in [5.74, 6) is 0. The van der Waals surface area contributed by atoms with Crippen LogP contribution in [0, 0.1) is 0 Å². The molecule has 6 heteroatoms. The Kier molecular flexibility index (Phi) is 2.64. The number of benzene rings is 1. The number of aromatic nitrogens is 3. The van der Waals surface area contributed by atoms with Crippen LogP contribution in [0.15, 0.2) is 30.6 Å². The summed E-state index contributed by atoms with van der Waals surface area (Å²) in [7, 11) is 1.91. The Hall–Kier alpha value is -2.08. The summed E-state index contributed by atoms with van der Waals surface area (Å²) in [5.41, 5.74) is 8.63. The van der Waals surface area contributed by atoms with Crippen LogP contribution in [0.25, 0.3) is 10.2 Å². The van der Waals surface area contributed by atoms with Crippen LogP contribution < -0.4 is 11.1 Å². The molecule has 0 aliphatic heterocycles. The minimum absolute atomic E-state index is 0.725. The first-order valence-corrected chi connectivity index (χ1v) is 6.40. The van der Waals surface area contributed by atoms with E-state index in [1.807, 2.05) is 37.6 Å². The number of fused-ring (bicyclic) bond motifs is 1. The van der Waals surface area contributed by atoms with Gasteiger partial charge in [-0.3, -0.25) is 4.68 Å². The predicted molar refractivity (Wildman–Crippen MR) is 74.6 cm³/mol. The number of hydrogen-bond donors (Lipinski definition) is 2. The highest BCUT2D eigenvalue weighted by Gasteiger charge is 2.04. The second-order valence-electron chi connectivity index (χ2n) is 4.12. The number of rotatable bonds is 3. The number of nitrogens with one attached hydrogen (secondary N) is 1. The van der Waals surface area contributed by atoms with Crippen molar-refractivity contribution in [3.63, 3.8) is 0 Å². The molecule has 2 aromatic heterocycles. The highest BCUT2D eigenvalue weighted by Crippen LogP contribution is 2.27. The number of hydrogen-bond acceptors (Lipinski definition) is 5. The zero-order valence-electron chi connectivity index (χ0n) is 9.92. The van der Waals surface area contributed by atoms with Gasteiger partial charge in [-0.15, -0.1) is 0 Å². The summed E-state index contributed by atoms with van der Waals surface area (Å²) in [6.45, 7) is 0.725. The largest absolute Gasteiger partial charge is 0.399 e. The maximum atomic E-state index is 5.75. The van der Waals surface area contributed by atoms with Crippen molar-refractivity contribution in [2.24, 2.45) is 7.05 Å². The quantitative estimate of drug-likeness (QED) is 0.708. The lowest BCUT2D eigenvalue weighted by Crippen LogP contribution is -1.97. The van der Waals surface area contributed by atoms with Gasteiger partial charge < -0.3 is 11.1 Å². The van der Waals surface area contributed by atoms with E-state index in [2.05, 4.69) is 15.4 Å². The minimum atomic E-state index is 0.725. The SMILES string of the molecule is Cn1cc(CNc2nc3ccc(N)cc3s2)cn1. The molecule has 0 fully saturated rings. The number of anilines is 2. The van der Waals surface area contributed by atoms with Gasteiger partial charge in [0.15, 0.2) is 5.13 Å². The summed E-state index contributed by atoms with van der Waals surface area (Å²) in [6, 6.07) is 5.76. The fraction of sp³-hybridized carbons (Fsp3) is 0.167. The molecule has 0 radical (unpaired) electrons. The minimum Gasteiger partial charge on any atom is -0.399 e. The molecule has 0 saturated heterocycles. The van der Waals surface area contributed by atoms with Crippen molar-refractivity contribution in [3.8, 4) is 0 Å². The number of aryl methyl sites for hydroxylation is 1. The van der Waals surface area contributed by atoms with Crippen LogP contribution in [0.4, 0.5) is 10.8 Å². The fourth-order valence-electron chi connectivity index (χ4n) is 1.76. The number of nitrogens with zero attached hydrogens (tertiary/aromatic N) is 3. The van der Waals surface area contributed by atoms with Crippen LogP contribution in [0.2, 0.25) is 0 Å². The fourth-order valence-corrected chi connectivity index (χ4v) is 2.67. The molecule has 0 atom stereocenters. The van der Waals surface area contributed by atoms with E-state index < -0.39 is 0 Å². The van der Waals surface area contributed by atoms with Gasteiger partial charge in [0.05, 0.1) is 16.4 Å². The van der Waals surface area contributed by atoms with Crippen molar-refractivity contribution >= 4 is 32.4 Å². The smallest absolute Gasteiger partial charge is 0.184 e. The molecule has 0 saturated carbocycles. The van der Waals surface area contributed by atoms with E-state index in [1.165, 1.54) is 0 Å². The highest BCUT2D eigenvalue weighted by atomic mass is 32.1. The molecule has 3 aromatic rings. The van der Waals surface area contributed by atoms with Gasteiger partial charge in [-0.25, -0.2) is 4.98 Å². The molecule has 18 heavy (non-hydrogen) atoms. The normalized spacial score (nSPS) is 10.9. The standard InChI is InChI=1S/C12H13N5S/c1-17-7-8(6-15-17)5-14-12-16-10-3-2-9(13)4-11(10)18-12/h2-4,6-7H,5,13H2,1H3,(H,14,16). The molecule has 2 heterocycles. The molecule has 0 aliphatic carbocycles. The number of thiazole rings is 1. The number of nitrogens with two attached hydrogens (primary N) is 1. The first-order chi connectivity index (χ1) is 8.70. The van der Waals surface area contributed by atoms with E-state index >= 15 is 0 Å². The summed E-state index contributed by atoms with van der Waals surface area (Å²) in [5, 5.41) is 8.33. The summed E-state index contributed by atoms with van der Waals surface area (Å²) >= 11 is 1.61. The zero-order valence-corrected chi connectivity index (χ0v) is 10.7. The molecular formula is C12H13N5S. The summed E-state index contributed by atoms with van der Waals surface area (Å²) in [6.07, 6.45) is 3.83. The van der Waals surface area contributed by atoms with Gasteiger partial charge in [0.2, 0.25) is 0 Å². The lowest BCUT2D eigenvalue weighted by molar-refractivity contribution is 0.767. The third-order valence-electron chi connectivity index (χ3n) is 2.61. The van der Waals surface area contributed by atoms with Crippen molar-refractivity contribution < 1.29 is 0 Å². The molecule has 5 nitrogen and oxygen atoms in total. The molecule has 3 rings (SSSR count). The molecule has 0 amide bonds. The van der Waals surface area contributed by atoms with Gasteiger partial charge in [-0.2, -0.15) is 5.10 Å². The van der Waals surface area contributed by atoms with Gasteiger partial charge in [-0.05, 0) is 18.2 Å². The molecule has 3 N–H and O–H groups in total. The Labute approximate surface area is 108 Å². The van der Waals surface area contributed by atoms with Gasteiger partial charge in [0, 0.05) is 31.0 Å². The Morgan fingerprint density at radius 2 is 2.33 bits per heavy atom. The van der Waals surface area contributed by atoms with Gasteiger partial charge in [0.25, 0.3) is 0 Å². The van der Waals surface area contributed by atoms with Gasteiger partial charge >= 0.3 is 0 Å². The Balaban J connectivity index is 1.78. The van der Waals surface area contributed by atoms with E-state index in [1.54, 1.807) is 16.0 Å². The van der Waals surface area contributed by atoms with E-state index in [-0.39, 0.29) is 0 Å². The first kappa shape index (κ1) is 11.0. The lowest BCUT2D eigenvalue weighted by atomic mass is 10.3. The molecular weight excluding hydrogens is 246 g/mol. The molecule has 0 unspecified atom stereocenters. The Bertz CT molecular complexity index is 685. The third-order valence-corrected chi connectivity index (χ3v) is 3.59. The van der Waals surface area contributed by atoms with Crippen LogP contribution in [-0.4, -0.2) is 14.8 Å². The van der Waals surface area contributed by atoms with Crippen molar-refractivity contribution in [1.29, 1.82) is 0 Å². The van der Waals surface area contributed by atoms with Crippen LogP contribution in [0.3, 0.4) is 0 Å². The second kappa shape index (κ2) is 4.30. The van der Waals surface area contributed by atoms with E-state index in [4.69, 9.17) is 5.73 Å². The molecule has 92 valence electrons. The second-order valence-corrected chi connectivity index (χ2v) is 5.15. The van der Waals surface area contributed by atoms with E-state index in [0.29, 0.717) is 0 Å². The average Bonchev–Trinajstić information content (AvgIpc) is 2.92. The monoisotopic (exact) mass is 259 g/mol. The summed E-state index contributed by atoms with van der Waals surface area (Å²) < 4.78 is 2.89. The topological polar surface area (TPSA) is 68.8 Å². The van der Waals surface area contributed by atoms with Crippen LogP contribution >= 0.6 is 11.3 Å². The van der Waals surface area contributed by atoms with E-state index in [9.17, 15) is 0 Å².